The van der Waals surface area contributed by atoms with Crippen LogP contribution in [0.1, 0.15) is 21.6 Å². The van der Waals surface area contributed by atoms with E-state index in [2.05, 4.69) is 10.1 Å². The highest BCUT2D eigenvalue weighted by atomic mass is 19.1. The van der Waals surface area contributed by atoms with E-state index >= 15 is 0 Å². The molecule has 2 aromatic carbocycles. The fraction of sp³-hybridized carbons (Fsp3) is 0.115. The van der Waals surface area contributed by atoms with Gasteiger partial charge >= 0.3 is 0 Å². The van der Waals surface area contributed by atoms with E-state index in [-0.39, 0.29) is 11.7 Å². The van der Waals surface area contributed by atoms with E-state index in [9.17, 15) is 9.18 Å². The summed E-state index contributed by atoms with van der Waals surface area (Å²) in [4.78, 5) is 19.7. The van der Waals surface area contributed by atoms with Crippen molar-refractivity contribution >= 4 is 11.6 Å². The number of benzene rings is 2. The molecule has 0 radical (unpaired) electrons. The molecular weight excluding hydrogens is 419 g/mol. The number of amides is 1. The average Bonchev–Trinajstić information content (AvgIpc) is 3.48. The minimum atomic E-state index is -0.297. The molecule has 7 heteroatoms. The molecule has 0 saturated heterocycles. The number of hydrogen-bond donors (Lipinski definition) is 0. The van der Waals surface area contributed by atoms with Gasteiger partial charge in [-0.3, -0.25) is 4.79 Å². The highest BCUT2D eigenvalue weighted by Gasteiger charge is 2.28. The third kappa shape index (κ3) is 3.47. The molecule has 0 unspecified atom stereocenters. The second-order valence-electron chi connectivity index (χ2n) is 8.09. The first-order chi connectivity index (χ1) is 16.2. The Morgan fingerprint density at radius 2 is 1.82 bits per heavy atom. The molecule has 1 amide bonds. The molecule has 4 heterocycles. The van der Waals surface area contributed by atoms with E-state index in [4.69, 9.17) is 4.52 Å². The Morgan fingerprint density at radius 3 is 2.64 bits per heavy atom. The van der Waals surface area contributed by atoms with Crippen molar-refractivity contribution in [1.29, 1.82) is 0 Å². The Labute approximate surface area is 188 Å². The van der Waals surface area contributed by atoms with Crippen LogP contribution in [0.4, 0.5) is 4.39 Å². The predicted molar refractivity (Wildman–Crippen MR) is 121 cm³/mol. The Kier molecular flexibility index (Phi) is 4.54. The smallest absolute Gasteiger partial charge is 0.254 e. The molecule has 0 saturated carbocycles. The van der Waals surface area contributed by atoms with E-state index in [0.717, 1.165) is 33.7 Å². The molecule has 33 heavy (non-hydrogen) atoms. The number of pyridine rings is 1. The zero-order valence-corrected chi connectivity index (χ0v) is 17.6. The minimum absolute atomic E-state index is 0.0706. The zero-order chi connectivity index (χ0) is 22.4. The van der Waals surface area contributed by atoms with Crippen molar-refractivity contribution in [3.63, 3.8) is 0 Å². The van der Waals surface area contributed by atoms with Gasteiger partial charge in [-0.25, -0.2) is 9.37 Å². The number of carbonyl (C=O) groups is 1. The largest absolute Gasteiger partial charge is 0.356 e. The van der Waals surface area contributed by atoms with Crippen molar-refractivity contribution in [2.75, 3.05) is 6.54 Å². The van der Waals surface area contributed by atoms with Crippen molar-refractivity contribution in [3.8, 4) is 22.6 Å². The van der Waals surface area contributed by atoms with Gasteiger partial charge in [0.1, 0.15) is 17.2 Å². The number of carbonyl (C=O) groups excluding carboxylic acids is 1. The van der Waals surface area contributed by atoms with Crippen LogP contribution in [0, 0.1) is 5.82 Å². The van der Waals surface area contributed by atoms with Crippen LogP contribution in [-0.2, 0) is 13.0 Å². The van der Waals surface area contributed by atoms with Crippen LogP contribution < -0.4 is 0 Å². The molecule has 6 rings (SSSR count). The van der Waals surface area contributed by atoms with Gasteiger partial charge in [0.05, 0.1) is 12.2 Å². The first kappa shape index (κ1) is 19.4. The van der Waals surface area contributed by atoms with Gasteiger partial charge in [-0.1, -0.05) is 35.5 Å². The Hall–Kier alpha value is -4.26. The van der Waals surface area contributed by atoms with Gasteiger partial charge < -0.3 is 13.8 Å². The average molecular weight is 438 g/mol. The Balaban J connectivity index is 1.25. The summed E-state index contributed by atoms with van der Waals surface area (Å²) in [6.45, 7) is 0.921. The number of halogens is 1. The minimum Gasteiger partial charge on any atom is -0.356 e. The molecular formula is C26H19FN4O2. The number of hydrogen-bond acceptors (Lipinski definition) is 4. The van der Waals surface area contributed by atoms with Crippen LogP contribution in [0.5, 0.6) is 0 Å². The van der Waals surface area contributed by atoms with Crippen molar-refractivity contribution in [2.45, 2.75) is 13.0 Å². The molecule has 162 valence electrons. The first-order valence-electron chi connectivity index (χ1n) is 10.7. The van der Waals surface area contributed by atoms with Gasteiger partial charge in [0.15, 0.2) is 5.76 Å². The molecule has 1 aliphatic rings. The van der Waals surface area contributed by atoms with E-state index in [1.54, 1.807) is 17.0 Å². The highest BCUT2D eigenvalue weighted by Crippen LogP contribution is 2.31. The van der Waals surface area contributed by atoms with Crippen molar-refractivity contribution < 1.29 is 13.7 Å². The lowest BCUT2D eigenvalue weighted by atomic mass is 10.00. The fourth-order valence-electron chi connectivity index (χ4n) is 4.28. The van der Waals surface area contributed by atoms with Gasteiger partial charge in [-0.15, -0.1) is 0 Å². The maximum atomic E-state index is 13.3. The van der Waals surface area contributed by atoms with Crippen LogP contribution in [0.2, 0.25) is 0 Å². The van der Waals surface area contributed by atoms with Gasteiger partial charge in [0.25, 0.3) is 5.91 Å². The molecule has 0 aliphatic carbocycles. The third-order valence-corrected chi connectivity index (χ3v) is 6.01. The van der Waals surface area contributed by atoms with Crippen LogP contribution in [0.25, 0.3) is 28.2 Å². The molecule has 6 nitrogen and oxygen atoms in total. The lowest BCUT2D eigenvalue weighted by Crippen LogP contribution is -2.36. The summed E-state index contributed by atoms with van der Waals surface area (Å²) in [6, 6.07) is 19.7. The molecule has 1 aliphatic heterocycles. The van der Waals surface area contributed by atoms with E-state index in [0.29, 0.717) is 30.8 Å². The number of nitrogens with zero attached hydrogens (tertiary/aromatic N) is 4. The van der Waals surface area contributed by atoms with Crippen LogP contribution in [0.15, 0.2) is 83.6 Å². The standard InChI is InChI=1S/C26H19FN4O2/c27-20-8-6-18(7-9-20)25-21-11-13-31(16-23(21)29-33-25)26(32)19-10-12-30-15-22(28-24(30)14-19)17-4-2-1-3-5-17/h1-10,12,14-15H,11,13,16H2. The maximum Gasteiger partial charge on any atom is 0.254 e. The molecule has 0 bridgehead atoms. The number of imidazole rings is 1. The topological polar surface area (TPSA) is 63.6 Å². The highest BCUT2D eigenvalue weighted by molar-refractivity contribution is 5.95. The van der Waals surface area contributed by atoms with Gasteiger partial charge in [0, 0.05) is 41.2 Å². The second kappa shape index (κ2) is 7.70. The van der Waals surface area contributed by atoms with Gasteiger partial charge in [0.2, 0.25) is 0 Å². The summed E-state index contributed by atoms with van der Waals surface area (Å²) in [7, 11) is 0. The number of fused-ring (bicyclic) bond motifs is 2. The van der Waals surface area contributed by atoms with E-state index < -0.39 is 0 Å². The molecule has 0 fully saturated rings. The fourth-order valence-corrected chi connectivity index (χ4v) is 4.28. The van der Waals surface area contributed by atoms with Crippen LogP contribution >= 0.6 is 0 Å². The Bertz CT molecular complexity index is 1470. The summed E-state index contributed by atoms with van der Waals surface area (Å²) in [6.07, 6.45) is 4.44. The maximum absolute atomic E-state index is 13.3. The SMILES string of the molecule is O=C(c1ccn2cc(-c3ccccc3)nc2c1)N1CCc2c(noc2-c2ccc(F)cc2)C1. The summed E-state index contributed by atoms with van der Waals surface area (Å²) in [5, 5.41) is 4.19. The summed E-state index contributed by atoms with van der Waals surface area (Å²) < 4.78 is 20.7. The quantitative estimate of drug-likeness (QED) is 0.398. The molecule has 5 aromatic rings. The third-order valence-electron chi connectivity index (χ3n) is 6.01. The molecule has 0 atom stereocenters. The van der Waals surface area contributed by atoms with Crippen LogP contribution in [0.3, 0.4) is 0 Å². The summed E-state index contributed by atoms with van der Waals surface area (Å²) in [5.41, 5.74) is 5.68. The van der Waals surface area contributed by atoms with E-state index in [1.807, 2.05) is 59.3 Å². The van der Waals surface area contributed by atoms with Crippen molar-refractivity contribution in [1.82, 2.24) is 19.4 Å². The van der Waals surface area contributed by atoms with Crippen molar-refractivity contribution in [2.24, 2.45) is 0 Å². The lowest BCUT2D eigenvalue weighted by molar-refractivity contribution is 0.0731. The monoisotopic (exact) mass is 438 g/mol. The summed E-state index contributed by atoms with van der Waals surface area (Å²) in [5.74, 6) is 0.275. The number of aromatic nitrogens is 3. The van der Waals surface area contributed by atoms with Gasteiger partial charge in [-0.05, 0) is 42.8 Å². The Morgan fingerprint density at radius 1 is 1.00 bits per heavy atom. The normalized spacial score (nSPS) is 13.3. The number of rotatable bonds is 3. The molecule has 0 N–H and O–H groups in total. The second-order valence-corrected chi connectivity index (χ2v) is 8.09. The molecule has 0 spiro atoms. The summed E-state index contributed by atoms with van der Waals surface area (Å²) >= 11 is 0. The van der Waals surface area contributed by atoms with E-state index in [1.165, 1.54) is 12.1 Å². The van der Waals surface area contributed by atoms with Crippen molar-refractivity contribution in [3.05, 3.63) is 102 Å². The van der Waals surface area contributed by atoms with Gasteiger partial charge in [-0.2, -0.15) is 0 Å². The molecule has 3 aromatic heterocycles. The zero-order valence-electron chi connectivity index (χ0n) is 17.6. The van der Waals surface area contributed by atoms with Crippen LogP contribution in [-0.4, -0.2) is 31.9 Å². The predicted octanol–water partition coefficient (Wildman–Crippen LogP) is 4.99. The lowest BCUT2D eigenvalue weighted by Gasteiger charge is -2.26. The first-order valence-corrected chi connectivity index (χ1v) is 10.7.